The molecule has 1 saturated heterocycles. The molecule has 1 aliphatic heterocycles. The Hall–Kier alpha value is -1.88. The fourth-order valence-corrected chi connectivity index (χ4v) is 2.71. The lowest BCUT2D eigenvalue weighted by atomic mass is 9.95. The zero-order chi connectivity index (χ0) is 15.9. The highest BCUT2D eigenvalue weighted by Gasteiger charge is 2.22. The minimum atomic E-state index is -0.304. The van der Waals surface area contributed by atoms with Gasteiger partial charge in [0.2, 0.25) is 11.8 Å². The summed E-state index contributed by atoms with van der Waals surface area (Å²) in [4.78, 5) is 25.5. The van der Waals surface area contributed by atoms with Crippen molar-refractivity contribution in [3.05, 3.63) is 35.9 Å². The largest absolute Gasteiger partial charge is 0.356 e. The van der Waals surface area contributed by atoms with Gasteiger partial charge >= 0.3 is 0 Å². The van der Waals surface area contributed by atoms with Crippen molar-refractivity contribution in [2.24, 2.45) is 11.7 Å². The van der Waals surface area contributed by atoms with E-state index in [9.17, 15) is 9.59 Å². The summed E-state index contributed by atoms with van der Waals surface area (Å²) in [5, 5.41) is 2.91. The van der Waals surface area contributed by atoms with Crippen molar-refractivity contribution in [1.29, 1.82) is 0 Å². The zero-order valence-corrected chi connectivity index (χ0v) is 13.1. The summed E-state index contributed by atoms with van der Waals surface area (Å²) < 4.78 is 0. The lowest BCUT2D eigenvalue weighted by Gasteiger charge is -2.20. The van der Waals surface area contributed by atoms with E-state index in [1.54, 1.807) is 0 Å². The quantitative estimate of drug-likeness (QED) is 0.749. The van der Waals surface area contributed by atoms with Crippen LogP contribution in [-0.4, -0.2) is 36.3 Å². The molecular weight excluding hydrogens is 278 g/mol. The first-order valence-corrected chi connectivity index (χ1v) is 7.95. The van der Waals surface area contributed by atoms with E-state index in [2.05, 4.69) is 5.32 Å². The van der Waals surface area contributed by atoms with Crippen LogP contribution in [0.25, 0.3) is 0 Å². The van der Waals surface area contributed by atoms with Crippen LogP contribution in [0, 0.1) is 5.92 Å². The van der Waals surface area contributed by atoms with Crippen LogP contribution in [0.2, 0.25) is 0 Å². The molecule has 5 nitrogen and oxygen atoms in total. The van der Waals surface area contributed by atoms with Gasteiger partial charge in [-0.05, 0) is 18.4 Å². The highest BCUT2D eigenvalue weighted by molar-refractivity contribution is 5.79. The summed E-state index contributed by atoms with van der Waals surface area (Å²) in [5.41, 5.74) is 7.11. The maximum Gasteiger partial charge on any atom is 0.224 e. The predicted molar refractivity (Wildman–Crippen MR) is 86.0 cm³/mol. The van der Waals surface area contributed by atoms with Gasteiger partial charge in [-0.2, -0.15) is 0 Å². The molecule has 0 radical (unpaired) electrons. The average Bonchev–Trinajstić information content (AvgIpc) is 2.96. The van der Waals surface area contributed by atoms with Crippen LogP contribution in [0.1, 0.15) is 37.8 Å². The molecule has 0 saturated carbocycles. The third-order valence-electron chi connectivity index (χ3n) is 4.21. The van der Waals surface area contributed by atoms with Crippen LogP contribution in [0.5, 0.6) is 0 Å². The molecule has 1 aliphatic rings. The van der Waals surface area contributed by atoms with Gasteiger partial charge in [-0.25, -0.2) is 0 Å². The van der Waals surface area contributed by atoms with Crippen LogP contribution in [0.4, 0.5) is 0 Å². The Kier molecular flexibility index (Phi) is 5.95. The van der Waals surface area contributed by atoms with Crippen molar-refractivity contribution in [1.82, 2.24) is 10.2 Å². The Bertz CT molecular complexity index is 504. The smallest absolute Gasteiger partial charge is 0.224 e. The summed E-state index contributed by atoms with van der Waals surface area (Å²) in [6.07, 6.45) is 2.40. The number of likely N-dealkylation sites (tertiary alicyclic amines) is 1. The molecule has 2 atom stereocenters. The van der Waals surface area contributed by atoms with Crippen molar-refractivity contribution in [2.45, 2.75) is 32.2 Å². The minimum Gasteiger partial charge on any atom is -0.356 e. The standard InChI is InChI=1S/C17H25N3O2/c1-13(16(18)14-7-3-2-4-8-14)17(22)19-10-6-12-20-11-5-9-15(20)21/h2-4,7-8,13,16H,5-6,9-12,18H2,1H3,(H,19,22). The maximum atomic E-state index is 12.1. The van der Waals surface area contributed by atoms with Gasteiger partial charge < -0.3 is 16.0 Å². The third-order valence-corrected chi connectivity index (χ3v) is 4.21. The van der Waals surface area contributed by atoms with Gasteiger partial charge in [-0.3, -0.25) is 9.59 Å². The molecule has 2 rings (SSSR count). The molecule has 5 heteroatoms. The summed E-state index contributed by atoms with van der Waals surface area (Å²) in [7, 11) is 0. The Balaban J connectivity index is 1.71. The van der Waals surface area contributed by atoms with E-state index in [1.165, 1.54) is 0 Å². The van der Waals surface area contributed by atoms with Crippen molar-refractivity contribution < 1.29 is 9.59 Å². The molecule has 0 aromatic heterocycles. The van der Waals surface area contributed by atoms with E-state index < -0.39 is 0 Å². The number of hydrogen-bond donors (Lipinski definition) is 2. The number of nitrogens with one attached hydrogen (secondary N) is 1. The fourth-order valence-electron chi connectivity index (χ4n) is 2.71. The SMILES string of the molecule is CC(C(=O)NCCCN1CCCC1=O)C(N)c1ccccc1. The number of nitrogens with two attached hydrogens (primary N) is 1. The summed E-state index contributed by atoms with van der Waals surface area (Å²) in [5.74, 6) is -0.0919. The fraction of sp³-hybridized carbons (Fsp3) is 0.529. The number of carbonyl (C=O) groups is 2. The van der Waals surface area contributed by atoms with E-state index >= 15 is 0 Å². The lowest BCUT2D eigenvalue weighted by molar-refractivity contribution is -0.127. The molecule has 1 fully saturated rings. The lowest BCUT2D eigenvalue weighted by Crippen LogP contribution is -2.37. The topological polar surface area (TPSA) is 75.4 Å². The Morgan fingerprint density at radius 3 is 2.73 bits per heavy atom. The highest BCUT2D eigenvalue weighted by atomic mass is 16.2. The average molecular weight is 303 g/mol. The number of benzene rings is 1. The van der Waals surface area contributed by atoms with Gasteiger partial charge in [0, 0.05) is 32.1 Å². The first-order valence-electron chi connectivity index (χ1n) is 7.95. The molecule has 2 unspecified atom stereocenters. The molecule has 0 aliphatic carbocycles. The van der Waals surface area contributed by atoms with Crippen LogP contribution in [-0.2, 0) is 9.59 Å². The summed E-state index contributed by atoms with van der Waals surface area (Å²) in [6, 6.07) is 9.35. The normalized spacial score (nSPS) is 17.4. The van der Waals surface area contributed by atoms with Gasteiger partial charge in [0.1, 0.15) is 0 Å². The Labute approximate surface area is 131 Å². The van der Waals surface area contributed by atoms with Crippen molar-refractivity contribution in [3.63, 3.8) is 0 Å². The van der Waals surface area contributed by atoms with Crippen molar-refractivity contribution >= 4 is 11.8 Å². The summed E-state index contributed by atoms with van der Waals surface area (Å²) in [6.45, 7) is 3.99. The second-order valence-electron chi connectivity index (χ2n) is 5.85. The number of carbonyl (C=O) groups excluding carboxylic acids is 2. The number of nitrogens with zero attached hydrogens (tertiary/aromatic N) is 1. The van der Waals surface area contributed by atoms with Gasteiger partial charge in [0.05, 0.1) is 5.92 Å². The van der Waals surface area contributed by atoms with E-state index in [1.807, 2.05) is 42.2 Å². The second-order valence-corrected chi connectivity index (χ2v) is 5.85. The van der Waals surface area contributed by atoms with Crippen LogP contribution < -0.4 is 11.1 Å². The Morgan fingerprint density at radius 1 is 1.36 bits per heavy atom. The highest BCUT2D eigenvalue weighted by Crippen LogP contribution is 2.19. The molecule has 1 heterocycles. The second kappa shape index (κ2) is 7.94. The minimum absolute atomic E-state index is 0.0379. The molecule has 0 spiro atoms. The molecule has 0 bridgehead atoms. The van der Waals surface area contributed by atoms with Crippen LogP contribution in [0.15, 0.2) is 30.3 Å². The zero-order valence-electron chi connectivity index (χ0n) is 13.1. The van der Waals surface area contributed by atoms with E-state index in [4.69, 9.17) is 5.73 Å². The van der Waals surface area contributed by atoms with Gasteiger partial charge in [0.25, 0.3) is 0 Å². The van der Waals surface area contributed by atoms with Crippen LogP contribution in [0.3, 0.4) is 0 Å². The monoisotopic (exact) mass is 303 g/mol. The number of rotatable bonds is 7. The maximum absolute atomic E-state index is 12.1. The molecule has 1 aromatic rings. The van der Waals surface area contributed by atoms with Crippen LogP contribution >= 0.6 is 0 Å². The first kappa shape index (κ1) is 16.5. The van der Waals surface area contributed by atoms with Crippen molar-refractivity contribution in [3.8, 4) is 0 Å². The molecule has 3 N–H and O–H groups in total. The molecule has 120 valence electrons. The predicted octanol–water partition coefficient (Wildman–Crippen LogP) is 1.45. The number of hydrogen-bond acceptors (Lipinski definition) is 3. The first-order chi connectivity index (χ1) is 10.6. The van der Waals surface area contributed by atoms with E-state index in [-0.39, 0.29) is 23.8 Å². The Morgan fingerprint density at radius 2 is 2.09 bits per heavy atom. The molecule has 2 amide bonds. The van der Waals surface area contributed by atoms with E-state index in [0.717, 1.165) is 31.5 Å². The molecule has 22 heavy (non-hydrogen) atoms. The number of amides is 2. The van der Waals surface area contributed by atoms with E-state index in [0.29, 0.717) is 13.0 Å². The third kappa shape index (κ3) is 4.31. The van der Waals surface area contributed by atoms with Gasteiger partial charge in [0.15, 0.2) is 0 Å². The van der Waals surface area contributed by atoms with Gasteiger partial charge in [-0.15, -0.1) is 0 Å². The van der Waals surface area contributed by atoms with Crippen molar-refractivity contribution in [2.75, 3.05) is 19.6 Å². The summed E-state index contributed by atoms with van der Waals surface area (Å²) >= 11 is 0. The molecule has 1 aromatic carbocycles. The van der Waals surface area contributed by atoms with Gasteiger partial charge in [-0.1, -0.05) is 37.3 Å². The molecular formula is C17H25N3O2.